The first-order chi connectivity index (χ1) is 7.58. The fourth-order valence-corrected chi connectivity index (χ4v) is 1.88. The quantitative estimate of drug-likeness (QED) is 0.808. The van der Waals surface area contributed by atoms with Gasteiger partial charge >= 0.3 is 0 Å². The second-order valence-electron chi connectivity index (χ2n) is 4.23. The Morgan fingerprint density at radius 1 is 1.25 bits per heavy atom. The Bertz CT molecular complexity index is 512. The summed E-state index contributed by atoms with van der Waals surface area (Å²) < 4.78 is 0. The Morgan fingerprint density at radius 2 is 2.00 bits per heavy atom. The van der Waals surface area contributed by atoms with Crippen molar-refractivity contribution >= 4 is 5.95 Å². The monoisotopic (exact) mass is 215 g/mol. The molecular weight excluding hydrogens is 198 g/mol. The maximum absolute atomic E-state index is 5.63. The Kier molecular flexibility index (Phi) is 2.69. The number of aryl methyl sites for hydroxylation is 2. The van der Waals surface area contributed by atoms with Gasteiger partial charge in [-0.25, -0.2) is 4.98 Å². The van der Waals surface area contributed by atoms with Crippen LogP contribution in [0.25, 0.3) is 0 Å². The molecule has 3 heteroatoms. The SMILES string of the molecule is Cc1cccc(Cc2nc(N)[nH]c2C)c1C. The number of hydrogen-bond acceptors (Lipinski definition) is 2. The topological polar surface area (TPSA) is 54.7 Å². The zero-order valence-electron chi connectivity index (χ0n) is 9.96. The van der Waals surface area contributed by atoms with Crippen LogP contribution in [-0.4, -0.2) is 9.97 Å². The zero-order valence-corrected chi connectivity index (χ0v) is 9.96. The lowest BCUT2D eigenvalue weighted by Crippen LogP contribution is -1.96. The van der Waals surface area contributed by atoms with E-state index in [1.807, 2.05) is 6.92 Å². The zero-order chi connectivity index (χ0) is 11.7. The number of imidazole rings is 1. The van der Waals surface area contributed by atoms with Gasteiger partial charge in [0.25, 0.3) is 0 Å². The molecular formula is C13H17N3. The van der Waals surface area contributed by atoms with Crippen LogP contribution in [0.1, 0.15) is 28.1 Å². The van der Waals surface area contributed by atoms with E-state index >= 15 is 0 Å². The molecule has 0 unspecified atom stereocenters. The van der Waals surface area contributed by atoms with Gasteiger partial charge in [0.1, 0.15) is 0 Å². The number of aromatic amines is 1. The normalized spacial score (nSPS) is 10.7. The van der Waals surface area contributed by atoms with Gasteiger partial charge < -0.3 is 10.7 Å². The van der Waals surface area contributed by atoms with Crippen LogP contribution in [-0.2, 0) is 6.42 Å². The van der Waals surface area contributed by atoms with E-state index in [0.717, 1.165) is 17.8 Å². The van der Waals surface area contributed by atoms with Gasteiger partial charge in [-0.1, -0.05) is 18.2 Å². The summed E-state index contributed by atoms with van der Waals surface area (Å²) in [4.78, 5) is 7.33. The van der Waals surface area contributed by atoms with E-state index in [4.69, 9.17) is 5.73 Å². The summed E-state index contributed by atoms with van der Waals surface area (Å²) >= 11 is 0. The average Bonchev–Trinajstić information content (AvgIpc) is 2.53. The Hall–Kier alpha value is -1.77. The average molecular weight is 215 g/mol. The number of nitrogens with one attached hydrogen (secondary N) is 1. The highest BCUT2D eigenvalue weighted by Crippen LogP contribution is 2.18. The predicted octanol–water partition coefficient (Wildman–Crippen LogP) is 2.51. The van der Waals surface area contributed by atoms with Crippen molar-refractivity contribution in [2.75, 3.05) is 5.73 Å². The van der Waals surface area contributed by atoms with Crippen LogP contribution in [0.3, 0.4) is 0 Å². The Morgan fingerprint density at radius 3 is 2.62 bits per heavy atom. The second kappa shape index (κ2) is 4.00. The minimum atomic E-state index is 0.498. The number of nitrogens with two attached hydrogens (primary N) is 1. The van der Waals surface area contributed by atoms with Gasteiger partial charge in [0.05, 0.1) is 5.69 Å². The first kappa shape index (κ1) is 10.7. The van der Waals surface area contributed by atoms with Gasteiger partial charge in [-0.3, -0.25) is 0 Å². The first-order valence-corrected chi connectivity index (χ1v) is 5.44. The number of aromatic nitrogens is 2. The summed E-state index contributed by atoms with van der Waals surface area (Å²) in [5, 5.41) is 0. The van der Waals surface area contributed by atoms with Crippen molar-refractivity contribution in [3.63, 3.8) is 0 Å². The molecule has 0 fully saturated rings. The highest BCUT2D eigenvalue weighted by Gasteiger charge is 2.07. The lowest BCUT2D eigenvalue weighted by Gasteiger charge is -2.07. The molecule has 2 aromatic rings. The van der Waals surface area contributed by atoms with Gasteiger partial charge in [-0.05, 0) is 37.5 Å². The van der Waals surface area contributed by atoms with Gasteiger partial charge in [-0.15, -0.1) is 0 Å². The van der Waals surface area contributed by atoms with Gasteiger partial charge in [0.2, 0.25) is 0 Å². The molecule has 0 spiro atoms. The third-order valence-corrected chi connectivity index (χ3v) is 3.08. The molecule has 0 saturated carbocycles. The highest BCUT2D eigenvalue weighted by atomic mass is 15.0. The van der Waals surface area contributed by atoms with Crippen LogP contribution < -0.4 is 5.73 Å². The standard InChI is InChI=1S/C13H17N3/c1-8-5-4-6-11(9(8)2)7-12-10(3)15-13(14)16-12/h4-6H,7H2,1-3H3,(H3,14,15,16). The fraction of sp³-hybridized carbons (Fsp3) is 0.308. The van der Waals surface area contributed by atoms with E-state index in [0.29, 0.717) is 5.95 Å². The maximum atomic E-state index is 5.63. The molecule has 16 heavy (non-hydrogen) atoms. The van der Waals surface area contributed by atoms with Crippen LogP contribution in [0.2, 0.25) is 0 Å². The van der Waals surface area contributed by atoms with Crippen molar-refractivity contribution in [3.05, 3.63) is 46.3 Å². The molecule has 3 nitrogen and oxygen atoms in total. The maximum Gasteiger partial charge on any atom is 0.197 e. The van der Waals surface area contributed by atoms with Crippen LogP contribution in [0.4, 0.5) is 5.95 Å². The highest BCUT2D eigenvalue weighted by molar-refractivity contribution is 5.37. The van der Waals surface area contributed by atoms with Crippen molar-refractivity contribution in [1.82, 2.24) is 9.97 Å². The number of hydrogen-bond donors (Lipinski definition) is 2. The van der Waals surface area contributed by atoms with E-state index in [1.54, 1.807) is 0 Å². The third kappa shape index (κ3) is 1.94. The van der Waals surface area contributed by atoms with Crippen molar-refractivity contribution in [3.8, 4) is 0 Å². The molecule has 3 N–H and O–H groups in total. The van der Waals surface area contributed by atoms with Crippen molar-refractivity contribution < 1.29 is 0 Å². The van der Waals surface area contributed by atoms with Gasteiger partial charge in [0, 0.05) is 12.1 Å². The number of anilines is 1. The summed E-state index contributed by atoms with van der Waals surface area (Å²) in [6.07, 6.45) is 0.840. The van der Waals surface area contributed by atoms with E-state index in [9.17, 15) is 0 Å². The molecule has 0 aliphatic carbocycles. The van der Waals surface area contributed by atoms with E-state index < -0.39 is 0 Å². The van der Waals surface area contributed by atoms with Crippen molar-refractivity contribution in [2.24, 2.45) is 0 Å². The molecule has 1 heterocycles. The van der Waals surface area contributed by atoms with E-state index in [-0.39, 0.29) is 0 Å². The first-order valence-electron chi connectivity index (χ1n) is 5.44. The molecule has 2 rings (SSSR count). The Labute approximate surface area is 95.7 Å². The van der Waals surface area contributed by atoms with Gasteiger partial charge in [0.15, 0.2) is 5.95 Å². The molecule has 1 aromatic carbocycles. The van der Waals surface area contributed by atoms with Crippen molar-refractivity contribution in [2.45, 2.75) is 27.2 Å². The predicted molar refractivity (Wildman–Crippen MR) is 66.5 cm³/mol. The molecule has 0 atom stereocenters. The summed E-state index contributed by atoms with van der Waals surface area (Å²) in [5.74, 6) is 0.498. The molecule has 0 aliphatic heterocycles. The second-order valence-corrected chi connectivity index (χ2v) is 4.23. The molecule has 0 bridgehead atoms. The molecule has 1 aromatic heterocycles. The summed E-state index contributed by atoms with van der Waals surface area (Å²) in [5.41, 5.74) is 11.7. The minimum absolute atomic E-state index is 0.498. The van der Waals surface area contributed by atoms with Crippen molar-refractivity contribution in [1.29, 1.82) is 0 Å². The number of rotatable bonds is 2. The van der Waals surface area contributed by atoms with Crippen LogP contribution in [0.15, 0.2) is 18.2 Å². The van der Waals surface area contributed by atoms with Crippen LogP contribution in [0, 0.1) is 20.8 Å². The number of nitrogen functional groups attached to an aromatic ring is 1. The largest absolute Gasteiger partial charge is 0.369 e. The third-order valence-electron chi connectivity index (χ3n) is 3.08. The fourth-order valence-electron chi connectivity index (χ4n) is 1.88. The van der Waals surface area contributed by atoms with Gasteiger partial charge in [-0.2, -0.15) is 0 Å². The molecule has 0 aliphatic rings. The molecule has 0 amide bonds. The molecule has 0 radical (unpaired) electrons. The smallest absolute Gasteiger partial charge is 0.197 e. The Balaban J connectivity index is 2.34. The summed E-state index contributed by atoms with van der Waals surface area (Å²) in [7, 11) is 0. The number of H-pyrrole nitrogens is 1. The lowest BCUT2D eigenvalue weighted by molar-refractivity contribution is 1.06. The van der Waals surface area contributed by atoms with Crippen LogP contribution >= 0.6 is 0 Å². The number of nitrogens with zero attached hydrogens (tertiary/aromatic N) is 1. The van der Waals surface area contributed by atoms with E-state index in [2.05, 4.69) is 42.0 Å². The molecule has 0 saturated heterocycles. The summed E-state index contributed by atoms with van der Waals surface area (Å²) in [6.45, 7) is 6.28. The van der Waals surface area contributed by atoms with E-state index in [1.165, 1.54) is 16.7 Å². The lowest BCUT2D eigenvalue weighted by atomic mass is 9.99. The molecule has 84 valence electrons. The minimum Gasteiger partial charge on any atom is -0.369 e. The number of benzene rings is 1. The van der Waals surface area contributed by atoms with Crippen LogP contribution in [0.5, 0.6) is 0 Å². The summed E-state index contributed by atoms with van der Waals surface area (Å²) in [6, 6.07) is 6.36.